The van der Waals surface area contributed by atoms with E-state index in [-0.39, 0.29) is 22.6 Å². The molecule has 8 nitrogen and oxygen atoms in total. The Morgan fingerprint density at radius 2 is 2.15 bits per heavy atom. The quantitative estimate of drug-likeness (QED) is 0.424. The van der Waals surface area contributed by atoms with Gasteiger partial charge in [-0.25, -0.2) is 4.98 Å². The highest BCUT2D eigenvalue weighted by atomic mass is 32.1. The molecular formula is C18H16N4O4S. The van der Waals surface area contributed by atoms with Gasteiger partial charge < -0.3 is 5.11 Å². The number of thiophene rings is 1. The largest absolute Gasteiger partial charge is 0.507 e. The summed E-state index contributed by atoms with van der Waals surface area (Å²) in [5.74, 6) is 0.268. The Morgan fingerprint density at radius 3 is 2.93 bits per heavy atom. The van der Waals surface area contributed by atoms with Crippen molar-refractivity contribution in [2.45, 2.75) is 32.6 Å². The van der Waals surface area contributed by atoms with E-state index in [4.69, 9.17) is 0 Å². The Kier molecular flexibility index (Phi) is 4.23. The van der Waals surface area contributed by atoms with Crippen molar-refractivity contribution in [3.63, 3.8) is 0 Å². The molecule has 0 saturated heterocycles. The number of non-ortho nitro benzene ring substituents is 1. The van der Waals surface area contributed by atoms with Crippen LogP contribution in [0.1, 0.15) is 34.7 Å². The van der Waals surface area contributed by atoms with Gasteiger partial charge in [0.15, 0.2) is 0 Å². The lowest BCUT2D eigenvalue weighted by molar-refractivity contribution is -0.384. The Bertz CT molecular complexity index is 1160. The molecular weight excluding hydrogens is 368 g/mol. The van der Waals surface area contributed by atoms with Gasteiger partial charge in [-0.05, 0) is 44.2 Å². The minimum atomic E-state index is -0.556. The van der Waals surface area contributed by atoms with Crippen LogP contribution in [-0.4, -0.2) is 25.9 Å². The lowest BCUT2D eigenvalue weighted by atomic mass is 9.97. The van der Waals surface area contributed by atoms with Gasteiger partial charge in [-0.1, -0.05) is 0 Å². The average Bonchev–Trinajstić information content (AvgIpc) is 3.00. The molecule has 0 amide bonds. The first-order valence-electron chi connectivity index (χ1n) is 8.51. The van der Waals surface area contributed by atoms with E-state index < -0.39 is 4.92 Å². The molecule has 4 rings (SSSR count). The zero-order valence-corrected chi connectivity index (χ0v) is 15.3. The summed E-state index contributed by atoms with van der Waals surface area (Å²) in [6.45, 7) is 1.68. The van der Waals surface area contributed by atoms with Gasteiger partial charge in [-0.2, -0.15) is 9.78 Å². The van der Waals surface area contributed by atoms with Crippen LogP contribution in [0.5, 0.6) is 5.75 Å². The first-order chi connectivity index (χ1) is 13.0. The maximum atomic E-state index is 13.0. The van der Waals surface area contributed by atoms with E-state index in [0.717, 1.165) is 36.1 Å². The number of hydrogen-bond acceptors (Lipinski definition) is 7. The molecule has 2 aromatic heterocycles. The molecule has 1 aliphatic carbocycles. The average molecular weight is 384 g/mol. The lowest BCUT2D eigenvalue weighted by Crippen LogP contribution is -2.21. The van der Waals surface area contributed by atoms with Gasteiger partial charge >= 0.3 is 0 Å². The van der Waals surface area contributed by atoms with Crippen LogP contribution in [0.25, 0.3) is 10.2 Å². The molecule has 27 heavy (non-hydrogen) atoms. The van der Waals surface area contributed by atoms with E-state index in [0.29, 0.717) is 11.2 Å². The van der Waals surface area contributed by atoms with Crippen molar-refractivity contribution >= 4 is 33.5 Å². The first-order valence-corrected chi connectivity index (χ1v) is 9.33. The zero-order chi connectivity index (χ0) is 19.1. The number of nitrogens with zero attached hydrogens (tertiary/aromatic N) is 4. The molecule has 0 fully saturated rings. The van der Waals surface area contributed by atoms with Crippen LogP contribution in [0.3, 0.4) is 0 Å². The molecule has 9 heteroatoms. The summed E-state index contributed by atoms with van der Waals surface area (Å²) in [5, 5.41) is 25.6. The SMILES string of the molecule is Cc1nc2sc3c(c2c(=O)n1N=Cc1cc([N+](=O)[O-])ccc1O)CCCC3. The summed E-state index contributed by atoms with van der Waals surface area (Å²) in [6, 6.07) is 3.64. The van der Waals surface area contributed by atoms with E-state index in [9.17, 15) is 20.0 Å². The molecule has 1 aromatic carbocycles. The van der Waals surface area contributed by atoms with E-state index in [2.05, 4.69) is 10.1 Å². The van der Waals surface area contributed by atoms with Crippen molar-refractivity contribution in [3.05, 3.63) is 60.5 Å². The van der Waals surface area contributed by atoms with E-state index in [1.165, 1.54) is 34.0 Å². The molecule has 1 aliphatic rings. The van der Waals surface area contributed by atoms with E-state index in [1.54, 1.807) is 18.3 Å². The summed E-state index contributed by atoms with van der Waals surface area (Å²) in [7, 11) is 0. The normalized spacial score (nSPS) is 14.0. The third-order valence-electron chi connectivity index (χ3n) is 4.66. The number of nitro groups is 1. The Morgan fingerprint density at radius 1 is 1.37 bits per heavy atom. The fraction of sp³-hybridized carbons (Fsp3) is 0.278. The van der Waals surface area contributed by atoms with Gasteiger partial charge in [0.2, 0.25) is 0 Å². The van der Waals surface area contributed by atoms with Crippen molar-refractivity contribution in [1.82, 2.24) is 9.66 Å². The molecule has 0 spiro atoms. The van der Waals surface area contributed by atoms with Gasteiger partial charge in [0.25, 0.3) is 11.2 Å². The molecule has 138 valence electrons. The van der Waals surface area contributed by atoms with Gasteiger partial charge in [-0.15, -0.1) is 11.3 Å². The number of hydrogen-bond donors (Lipinski definition) is 1. The Labute approximate surface area is 157 Å². The number of aromatic nitrogens is 2. The number of aromatic hydroxyl groups is 1. The summed E-state index contributed by atoms with van der Waals surface area (Å²) in [4.78, 5) is 29.8. The van der Waals surface area contributed by atoms with Crippen LogP contribution in [-0.2, 0) is 12.8 Å². The van der Waals surface area contributed by atoms with Crippen molar-refractivity contribution in [2.24, 2.45) is 5.10 Å². The molecule has 2 heterocycles. The standard InChI is InChI=1S/C18H16N4O4S/c1-10-20-17-16(13-4-2-3-5-15(13)27-17)18(24)21(10)19-9-11-8-12(22(25)26)6-7-14(11)23/h6-9,23H,2-5H2,1H3. The molecule has 1 N–H and O–H groups in total. The van der Waals surface area contributed by atoms with Crippen LogP contribution < -0.4 is 5.56 Å². The first kappa shape index (κ1) is 17.3. The minimum absolute atomic E-state index is 0.156. The highest BCUT2D eigenvalue weighted by molar-refractivity contribution is 7.18. The fourth-order valence-corrected chi connectivity index (χ4v) is 4.61. The zero-order valence-electron chi connectivity index (χ0n) is 14.5. The lowest BCUT2D eigenvalue weighted by Gasteiger charge is -2.10. The number of fused-ring (bicyclic) bond motifs is 3. The predicted octanol–water partition coefficient (Wildman–Crippen LogP) is 3.14. The summed E-state index contributed by atoms with van der Waals surface area (Å²) in [5.41, 5.74) is 0.806. The second-order valence-electron chi connectivity index (χ2n) is 6.41. The molecule has 0 bridgehead atoms. The molecule has 0 radical (unpaired) electrons. The monoisotopic (exact) mass is 384 g/mol. The van der Waals surface area contributed by atoms with Crippen LogP contribution in [0.15, 0.2) is 28.1 Å². The van der Waals surface area contributed by atoms with Crippen molar-refractivity contribution in [3.8, 4) is 5.75 Å². The van der Waals surface area contributed by atoms with Gasteiger partial charge in [0, 0.05) is 22.6 Å². The van der Waals surface area contributed by atoms with Crippen molar-refractivity contribution < 1.29 is 10.0 Å². The van der Waals surface area contributed by atoms with Crippen LogP contribution in [0, 0.1) is 17.0 Å². The van der Waals surface area contributed by atoms with Crippen LogP contribution >= 0.6 is 11.3 Å². The topological polar surface area (TPSA) is 111 Å². The molecule has 0 atom stereocenters. The van der Waals surface area contributed by atoms with Gasteiger partial charge in [0.05, 0.1) is 16.5 Å². The highest BCUT2D eigenvalue weighted by Crippen LogP contribution is 2.33. The molecule has 0 saturated carbocycles. The highest BCUT2D eigenvalue weighted by Gasteiger charge is 2.21. The number of nitro benzene ring substituents is 1. The number of rotatable bonds is 3. The Hall–Kier alpha value is -3.07. The van der Waals surface area contributed by atoms with E-state index in [1.807, 2.05) is 0 Å². The maximum Gasteiger partial charge on any atom is 0.283 e. The van der Waals surface area contributed by atoms with Crippen molar-refractivity contribution in [2.75, 3.05) is 0 Å². The van der Waals surface area contributed by atoms with Gasteiger partial charge in [-0.3, -0.25) is 14.9 Å². The fourth-order valence-electron chi connectivity index (χ4n) is 3.31. The molecule has 0 unspecified atom stereocenters. The smallest absolute Gasteiger partial charge is 0.283 e. The number of phenols is 1. The third-order valence-corrected chi connectivity index (χ3v) is 5.85. The Balaban J connectivity index is 1.83. The van der Waals surface area contributed by atoms with E-state index >= 15 is 0 Å². The summed E-state index contributed by atoms with van der Waals surface area (Å²) < 4.78 is 1.18. The summed E-state index contributed by atoms with van der Waals surface area (Å²) >= 11 is 1.57. The number of aryl methyl sites for hydroxylation is 3. The predicted molar refractivity (Wildman–Crippen MR) is 103 cm³/mol. The number of benzene rings is 1. The molecule has 0 aliphatic heterocycles. The third kappa shape index (κ3) is 2.99. The summed E-state index contributed by atoms with van der Waals surface area (Å²) in [6.07, 6.45) is 5.25. The minimum Gasteiger partial charge on any atom is -0.507 e. The van der Waals surface area contributed by atoms with Gasteiger partial charge in [0.1, 0.15) is 16.4 Å². The van der Waals surface area contributed by atoms with Crippen LogP contribution in [0.2, 0.25) is 0 Å². The number of phenolic OH excluding ortho intramolecular Hbond substituents is 1. The van der Waals surface area contributed by atoms with Crippen molar-refractivity contribution in [1.29, 1.82) is 0 Å². The molecule has 3 aromatic rings. The van der Waals surface area contributed by atoms with Crippen LogP contribution in [0.4, 0.5) is 5.69 Å². The second-order valence-corrected chi connectivity index (χ2v) is 7.50. The maximum absolute atomic E-state index is 13.0. The second kappa shape index (κ2) is 6.58.